The molecule has 11 heteroatoms. The number of amides is 2. The molecule has 1 aromatic carbocycles. The van der Waals surface area contributed by atoms with Gasteiger partial charge < -0.3 is 20.2 Å². The van der Waals surface area contributed by atoms with Gasteiger partial charge in [-0.05, 0) is 56.5 Å². The number of carbonyl (C=O) groups is 4. The first kappa shape index (κ1) is 28.3. The van der Waals surface area contributed by atoms with Gasteiger partial charge in [-0.25, -0.2) is 4.79 Å². The molecule has 0 bridgehead atoms. The Morgan fingerprint density at radius 3 is 2.31 bits per heavy atom. The minimum absolute atomic E-state index is 0.00872. The minimum Gasteiger partial charge on any atom is -0.475 e. The summed E-state index contributed by atoms with van der Waals surface area (Å²) in [5.74, 6) is -2.67. The molecule has 2 aliphatic rings. The van der Waals surface area contributed by atoms with E-state index in [2.05, 4.69) is 11.4 Å². The first-order valence-electron chi connectivity index (χ1n) is 11.6. The van der Waals surface area contributed by atoms with Crippen LogP contribution in [-0.2, 0) is 27.2 Å². The highest BCUT2D eigenvalue weighted by Crippen LogP contribution is 2.20. The normalized spacial score (nSPS) is 17.5. The molecule has 0 aromatic heterocycles. The van der Waals surface area contributed by atoms with Crippen LogP contribution in [-0.4, -0.2) is 83.4 Å². The Kier molecular flexibility index (Phi) is 10.2. The van der Waals surface area contributed by atoms with Crippen LogP contribution >= 0.6 is 0 Å². The SMILES string of the molecule is CCN(C(C)=O)C1CCN(C(=O)CCC(=O)c2ccc3c(c2)CCNCC3)C1.O=C(O)C(F)(F)F. The van der Waals surface area contributed by atoms with Crippen LogP contribution in [0.25, 0.3) is 0 Å². The number of nitrogens with zero attached hydrogens (tertiary/aromatic N) is 2. The highest BCUT2D eigenvalue weighted by molar-refractivity contribution is 5.98. The fraction of sp³-hybridized carbons (Fsp3) is 0.583. The van der Waals surface area contributed by atoms with Crippen LogP contribution in [0.3, 0.4) is 0 Å². The fourth-order valence-corrected chi connectivity index (χ4v) is 4.33. The van der Waals surface area contributed by atoms with Crippen molar-refractivity contribution in [2.75, 3.05) is 32.7 Å². The fourth-order valence-electron chi connectivity index (χ4n) is 4.33. The molecule has 2 heterocycles. The van der Waals surface area contributed by atoms with E-state index in [0.29, 0.717) is 25.2 Å². The summed E-state index contributed by atoms with van der Waals surface area (Å²) < 4.78 is 31.7. The summed E-state index contributed by atoms with van der Waals surface area (Å²) in [6.07, 6.45) is -1.87. The molecule has 8 nitrogen and oxygen atoms in total. The molecule has 2 amide bonds. The number of ketones is 1. The largest absolute Gasteiger partial charge is 0.490 e. The molecular formula is C24H32F3N3O5. The number of hydrogen-bond donors (Lipinski definition) is 2. The topological polar surface area (TPSA) is 107 Å². The first-order chi connectivity index (χ1) is 16.4. The van der Waals surface area contributed by atoms with Gasteiger partial charge in [0.2, 0.25) is 11.8 Å². The lowest BCUT2D eigenvalue weighted by Crippen LogP contribution is -2.41. The third kappa shape index (κ3) is 8.34. The zero-order valence-corrected chi connectivity index (χ0v) is 20.0. The molecule has 35 heavy (non-hydrogen) atoms. The lowest BCUT2D eigenvalue weighted by atomic mass is 9.97. The van der Waals surface area contributed by atoms with Crippen LogP contribution in [0.5, 0.6) is 0 Å². The van der Waals surface area contributed by atoms with E-state index in [-0.39, 0.29) is 36.5 Å². The van der Waals surface area contributed by atoms with Crippen LogP contribution in [0.1, 0.15) is 54.6 Å². The summed E-state index contributed by atoms with van der Waals surface area (Å²) in [6, 6.07) is 6.06. The monoisotopic (exact) mass is 499 g/mol. The van der Waals surface area contributed by atoms with Crippen molar-refractivity contribution in [1.82, 2.24) is 15.1 Å². The maximum Gasteiger partial charge on any atom is 0.490 e. The third-order valence-electron chi connectivity index (χ3n) is 6.18. The predicted molar refractivity (Wildman–Crippen MR) is 122 cm³/mol. The molecule has 194 valence electrons. The number of rotatable bonds is 6. The Balaban J connectivity index is 0.000000540. The lowest BCUT2D eigenvalue weighted by Gasteiger charge is -2.26. The summed E-state index contributed by atoms with van der Waals surface area (Å²) in [6.45, 7) is 7.34. The van der Waals surface area contributed by atoms with Crippen molar-refractivity contribution in [2.45, 2.75) is 58.2 Å². The van der Waals surface area contributed by atoms with E-state index >= 15 is 0 Å². The van der Waals surface area contributed by atoms with Gasteiger partial charge in [0.05, 0.1) is 6.04 Å². The number of halogens is 3. The Morgan fingerprint density at radius 1 is 1.11 bits per heavy atom. The molecule has 3 rings (SSSR count). The number of Topliss-reactive ketones (excluding diaryl/α,β-unsaturated/α-hetero) is 1. The molecular weight excluding hydrogens is 467 g/mol. The van der Waals surface area contributed by atoms with Crippen LogP contribution < -0.4 is 5.32 Å². The van der Waals surface area contributed by atoms with Crippen molar-refractivity contribution < 1.29 is 37.5 Å². The Morgan fingerprint density at radius 2 is 1.74 bits per heavy atom. The number of benzene rings is 1. The van der Waals surface area contributed by atoms with Crippen LogP contribution in [0.4, 0.5) is 13.2 Å². The third-order valence-corrected chi connectivity index (χ3v) is 6.18. The summed E-state index contributed by atoms with van der Waals surface area (Å²) in [5.41, 5.74) is 3.27. The van der Waals surface area contributed by atoms with E-state index in [1.54, 1.807) is 11.8 Å². The van der Waals surface area contributed by atoms with Crippen molar-refractivity contribution in [3.05, 3.63) is 34.9 Å². The van der Waals surface area contributed by atoms with Crippen LogP contribution in [0.15, 0.2) is 18.2 Å². The molecule has 0 aliphatic carbocycles. The van der Waals surface area contributed by atoms with Crippen LogP contribution in [0, 0.1) is 0 Å². The van der Waals surface area contributed by atoms with Gasteiger partial charge in [0.1, 0.15) is 0 Å². The number of fused-ring (bicyclic) bond motifs is 1. The number of likely N-dealkylation sites (N-methyl/N-ethyl adjacent to an activating group) is 1. The van der Waals surface area contributed by atoms with Gasteiger partial charge in [0.25, 0.3) is 0 Å². The van der Waals surface area contributed by atoms with E-state index in [1.807, 2.05) is 24.0 Å². The van der Waals surface area contributed by atoms with Gasteiger partial charge in [0, 0.05) is 45.0 Å². The molecule has 0 saturated carbocycles. The van der Waals surface area contributed by atoms with Gasteiger partial charge >= 0.3 is 12.1 Å². The van der Waals surface area contributed by atoms with E-state index in [0.717, 1.165) is 32.4 Å². The van der Waals surface area contributed by atoms with Gasteiger partial charge in [0.15, 0.2) is 5.78 Å². The number of carbonyl (C=O) groups excluding carboxylic acids is 3. The molecule has 2 aliphatic heterocycles. The molecule has 0 radical (unpaired) electrons. The van der Waals surface area contributed by atoms with Crippen molar-refractivity contribution >= 4 is 23.6 Å². The molecule has 1 saturated heterocycles. The number of carboxylic acid groups (broad SMARTS) is 1. The maximum absolute atomic E-state index is 12.6. The number of carboxylic acids is 1. The zero-order valence-electron chi connectivity index (χ0n) is 20.0. The summed E-state index contributed by atoms with van der Waals surface area (Å²) in [7, 11) is 0. The number of aliphatic carboxylic acids is 1. The number of nitrogens with one attached hydrogen (secondary N) is 1. The van der Waals surface area contributed by atoms with Gasteiger partial charge in [-0.15, -0.1) is 0 Å². The number of likely N-dealkylation sites (tertiary alicyclic amines) is 1. The second-order valence-electron chi connectivity index (χ2n) is 8.55. The summed E-state index contributed by atoms with van der Waals surface area (Å²) >= 11 is 0. The zero-order chi connectivity index (χ0) is 26.2. The van der Waals surface area contributed by atoms with Crippen LogP contribution in [0.2, 0.25) is 0 Å². The molecule has 2 N–H and O–H groups in total. The highest BCUT2D eigenvalue weighted by Gasteiger charge is 2.38. The van der Waals surface area contributed by atoms with Gasteiger partial charge in [-0.1, -0.05) is 12.1 Å². The Hall–Kier alpha value is -2.95. The van der Waals surface area contributed by atoms with E-state index in [4.69, 9.17) is 9.90 Å². The second kappa shape index (κ2) is 12.7. The smallest absolute Gasteiger partial charge is 0.475 e. The van der Waals surface area contributed by atoms with E-state index in [1.165, 1.54) is 11.1 Å². The average molecular weight is 500 g/mol. The Bertz CT molecular complexity index is 935. The van der Waals surface area contributed by atoms with E-state index in [9.17, 15) is 27.6 Å². The first-order valence-corrected chi connectivity index (χ1v) is 11.6. The Labute approximate surface area is 202 Å². The van der Waals surface area contributed by atoms with E-state index < -0.39 is 12.1 Å². The maximum atomic E-state index is 12.6. The second-order valence-corrected chi connectivity index (χ2v) is 8.55. The number of hydrogen-bond acceptors (Lipinski definition) is 5. The lowest BCUT2D eigenvalue weighted by molar-refractivity contribution is -0.192. The molecule has 0 spiro atoms. The summed E-state index contributed by atoms with van der Waals surface area (Å²) in [4.78, 5) is 49.4. The molecule has 1 fully saturated rings. The average Bonchev–Trinajstić information content (AvgIpc) is 3.15. The summed E-state index contributed by atoms with van der Waals surface area (Å²) in [5, 5.41) is 10.5. The molecule has 1 atom stereocenters. The van der Waals surface area contributed by atoms with Crippen molar-refractivity contribution in [1.29, 1.82) is 0 Å². The van der Waals surface area contributed by atoms with Crippen molar-refractivity contribution in [3.63, 3.8) is 0 Å². The highest BCUT2D eigenvalue weighted by atomic mass is 19.4. The van der Waals surface area contributed by atoms with Crippen molar-refractivity contribution in [2.24, 2.45) is 0 Å². The quantitative estimate of drug-likeness (QED) is 0.583. The minimum atomic E-state index is -5.08. The molecule has 1 unspecified atom stereocenters. The van der Waals surface area contributed by atoms with Gasteiger partial charge in [-0.2, -0.15) is 13.2 Å². The predicted octanol–water partition coefficient (Wildman–Crippen LogP) is 2.44. The molecule has 1 aromatic rings. The number of alkyl halides is 3. The van der Waals surface area contributed by atoms with Crippen molar-refractivity contribution in [3.8, 4) is 0 Å². The standard InChI is InChI=1S/C22H31N3O3.C2HF3O2/c1-3-25(16(2)26)20-10-13-24(15-20)22(28)7-6-21(27)19-5-4-17-8-11-23-12-9-18(17)14-19;3-2(4,5)1(6)7/h4-5,14,20,23H,3,6-13,15H2,1-2H3;(H,6,7). The van der Waals surface area contributed by atoms with Gasteiger partial charge in [-0.3, -0.25) is 14.4 Å².